The van der Waals surface area contributed by atoms with Crippen molar-refractivity contribution < 1.29 is 4.74 Å². The highest BCUT2D eigenvalue weighted by molar-refractivity contribution is 5.32. The molecule has 1 aromatic carbocycles. The van der Waals surface area contributed by atoms with E-state index in [4.69, 9.17) is 4.74 Å². The lowest BCUT2D eigenvalue weighted by Crippen LogP contribution is -2.04. The number of benzene rings is 1. The first-order chi connectivity index (χ1) is 7.36. The second-order valence-corrected chi connectivity index (χ2v) is 4.66. The summed E-state index contributed by atoms with van der Waals surface area (Å²) in [4.78, 5) is 0. The van der Waals surface area contributed by atoms with E-state index in [0.29, 0.717) is 0 Å². The van der Waals surface area contributed by atoms with Crippen LogP contribution in [0.25, 0.3) is 0 Å². The largest absolute Gasteiger partial charge is 0.497 e. The van der Waals surface area contributed by atoms with Crippen molar-refractivity contribution >= 4 is 0 Å². The zero-order chi connectivity index (χ0) is 10.3. The van der Waals surface area contributed by atoms with Crippen molar-refractivity contribution in [3.05, 3.63) is 42.0 Å². The van der Waals surface area contributed by atoms with Crippen LogP contribution in [0.4, 0.5) is 0 Å². The zero-order valence-electron chi connectivity index (χ0n) is 9.02. The second kappa shape index (κ2) is 3.41. The first-order valence-corrected chi connectivity index (χ1v) is 5.69. The third-order valence-corrected chi connectivity index (χ3v) is 3.82. The fourth-order valence-corrected chi connectivity index (χ4v) is 3.02. The summed E-state index contributed by atoms with van der Waals surface area (Å²) < 4.78 is 5.18. The SMILES string of the molecule is COc1ccc([C@H]2C[C@H]3C=C[C@@H]2C3)cc1. The maximum atomic E-state index is 5.18. The number of allylic oxidation sites excluding steroid dienone is 2. The molecule has 0 aliphatic heterocycles. The van der Waals surface area contributed by atoms with Gasteiger partial charge in [0.15, 0.2) is 0 Å². The van der Waals surface area contributed by atoms with Crippen LogP contribution in [0.2, 0.25) is 0 Å². The Bertz CT molecular complexity index is 377. The van der Waals surface area contributed by atoms with E-state index in [9.17, 15) is 0 Å². The summed E-state index contributed by atoms with van der Waals surface area (Å²) in [6.07, 6.45) is 7.51. The molecule has 15 heavy (non-hydrogen) atoms. The van der Waals surface area contributed by atoms with E-state index in [1.165, 1.54) is 18.4 Å². The third kappa shape index (κ3) is 1.46. The van der Waals surface area contributed by atoms with Gasteiger partial charge in [0.1, 0.15) is 5.75 Å². The Morgan fingerprint density at radius 1 is 1.07 bits per heavy atom. The van der Waals surface area contributed by atoms with Gasteiger partial charge in [-0.05, 0) is 48.3 Å². The van der Waals surface area contributed by atoms with Crippen LogP contribution < -0.4 is 4.74 Å². The summed E-state index contributed by atoms with van der Waals surface area (Å²) in [7, 11) is 1.72. The average Bonchev–Trinajstić information content (AvgIpc) is 2.91. The summed E-state index contributed by atoms with van der Waals surface area (Å²) in [6, 6.07) is 8.59. The van der Waals surface area contributed by atoms with Crippen LogP contribution in [0, 0.1) is 11.8 Å². The second-order valence-electron chi connectivity index (χ2n) is 4.66. The Balaban J connectivity index is 1.84. The van der Waals surface area contributed by atoms with Gasteiger partial charge in [-0.1, -0.05) is 24.3 Å². The van der Waals surface area contributed by atoms with Crippen LogP contribution in [0.5, 0.6) is 5.75 Å². The van der Waals surface area contributed by atoms with Gasteiger partial charge in [0.2, 0.25) is 0 Å². The van der Waals surface area contributed by atoms with Gasteiger partial charge in [0, 0.05) is 0 Å². The highest BCUT2D eigenvalue weighted by Crippen LogP contribution is 2.48. The van der Waals surface area contributed by atoms with Gasteiger partial charge in [-0.15, -0.1) is 0 Å². The maximum absolute atomic E-state index is 5.18. The number of hydrogen-bond acceptors (Lipinski definition) is 1. The predicted molar refractivity (Wildman–Crippen MR) is 61.1 cm³/mol. The first kappa shape index (κ1) is 9.02. The highest BCUT2D eigenvalue weighted by atomic mass is 16.5. The van der Waals surface area contributed by atoms with E-state index < -0.39 is 0 Å². The van der Waals surface area contributed by atoms with Crippen molar-refractivity contribution in [3.63, 3.8) is 0 Å². The molecule has 78 valence electrons. The highest BCUT2D eigenvalue weighted by Gasteiger charge is 2.36. The number of fused-ring (bicyclic) bond motifs is 2. The monoisotopic (exact) mass is 200 g/mol. The molecular weight excluding hydrogens is 184 g/mol. The Morgan fingerprint density at radius 2 is 1.87 bits per heavy atom. The lowest BCUT2D eigenvalue weighted by atomic mass is 9.87. The predicted octanol–water partition coefficient (Wildman–Crippen LogP) is 3.37. The molecule has 3 atom stereocenters. The van der Waals surface area contributed by atoms with Gasteiger partial charge in [0.05, 0.1) is 7.11 Å². The third-order valence-electron chi connectivity index (χ3n) is 3.82. The molecule has 1 heteroatoms. The standard InChI is InChI=1S/C14H16O/c1-15-13-6-4-11(5-7-13)14-9-10-2-3-12(14)8-10/h2-7,10,12,14H,8-9H2,1H3/t10-,12+,14+/m0/s1. The molecule has 0 saturated heterocycles. The fourth-order valence-electron chi connectivity index (χ4n) is 3.02. The Labute approximate surface area is 90.8 Å². The molecule has 2 aliphatic rings. The van der Waals surface area contributed by atoms with Gasteiger partial charge >= 0.3 is 0 Å². The van der Waals surface area contributed by atoms with Crippen LogP contribution in [0.3, 0.4) is 0 Å². The van der Waals surface area contributed by atoms with E-state index in [1.54, 1.807) is 7.11 Å². The lowest BCUT2D eigenvalue weighted by Gasteiger charge is -2.18. The number of methoxy groups -OCH3 is 1. The molecule has 1 aromatic rings. The van der Waals surface area contributed by atoms with Crippen molar-refractivity contribution in [1.82, 2.24) is 0 Å². The average molecular weight is 200 g/mol. The number of rotatable bonds is 2. The Hall–Kier alpha value is -1.24. The molecule has 0 N–H and O–H groups in total. The van der Waals surface area contributed by atoms with Gasteiger partial charge in [-0.3, -0.25) is 0 Å². The minimum Gasteiger partial charge on any atom is -0.497 e. The normalized spacial score (nSPS) is 32.2. The van der Waals surface area contributed by atoms with E-state index in [-0.39, 0.29) is 0 Å². The molecule has 2 aliphatic carbocycles. The quantitative estimate of drug-likeness (QED) is 0.665. The van der Waals surface area contributed by atoms with E-state index in [1.807, 2.05) is 0 Å². The molecule has 0 radical (unpaired) electrons. The van der Waals surface area contributed by atoms with Gasteiger partial charge in [-0.2, -0.15) is 0 Å². The zero-order valence-corrected chi connectivity index (χ0v) is 9.02. The van der Waals surface area contributed by atoms with Crippen molar-refractivity contribution in [1.29, 1.82) is 0 Å². The van der Waals surface area contributed by atoms with Gasteiger partial charge in [-0.25, -0.2) is 0 Å². The van der Waals surface area contributed by atoms with E-state index in [2.05, 4.69) is 36.4 Å². The molecule has 1 nitrogen and oxygen atoms in total. The van der Waals surface area contributed by atoms with Crippen molar-refractivity contribution in [2.75, 3.05) is 7.11 Å². The minimum absolute atomic E-state index is 0.755. The number of ether oxygens (including phenoxy) is 1. The van der Waals surface area contributed by atoms with Crippen LogP contribution in [-0.2, 0) is 0 Å². The maximum Gasteiger partial charge on any atom is 0.118 e. The fraction of sp³-hybridized carbons (Fsp3) is 0.429. The van der Waals surface area contributed by atoms with Crippen LogP contribution in [0.1, 0.15) is 24.3 Å². The van der Waals surface area contributed by atoms with Crippen molar-refractivity contribution in [2.24, 2.45) is 11.8 Å². The van der Waals surface area contributed by atoms with Crippen LogP contribution in [-0.4, -0.2) is 7.11 Å². The molecular formula is C14H16O. The summed E-state index contributed by atoms with van der Waals surface area (Å²) in [5.74, 6) is 3.36. The van der Waals surface area contributed by atoms with Gasteiger partial charge in [0.25, 0.3) is 0 Å². The molecule has 0 amide bonds. The molecule has 0 unspecified atom stereocenters. The van der Waals surface area contributed by atoms with Crippen molar-refractivity contribution in [3.8, 4) is 5.75 Å². The molecule has 0 aromatic heterocycles. The summed E-state index contributed by atoms with van der Waals surface area (Å²) in [5, 5.41) is 0. The first-order valence-electron chi connectivity index (χ1n) is 5.69. The summed E-state index contributed by atoms with van der Waals surface area (Å²) in [6.45, 7) is 0. The molecule has 1 fully saturated rings. The summed E-state index contributed by atoms with van der Waals surface area (Å²) >= 11 is 0. The number of hydrogen-bond donors (Lipinski definition) is 0. The molecule has 3 rings (SSSR count). The molecule has 0 spiro atoms. The minimum atomic E-state index is 0.755. The van der Waals surface area contributed by atoms with Crippen LogP contribution in [0.15, 0.2) is 36.4 Å². The lowest BCUT2D eigenvalue weighted by molar-refractivity contribution is 0.414. The van der Waals surface area contributed by atoms with Crippen molar-refractivity contribution in [2.45, 2.75) is 18.8 Å². The van der Waals surface area contributed by atoms with Gasteiger partial charge < -0.3 is 4.74 Å². The Kier molecular flexibility index (Phi) is 2.05. The molecule has 1 saturated carbocycles. The topological polar surface area (TPSA) is 9.23 Å². The smallest absolute Gasteiger partial charge is 0.118 e. The van der Waals surface area contributed by atoms with Crippen LogP contribution >= 0.6 is 0 Å². The van der Waals surface area contributed by atoms with E-state index in [0.717, 1.165) is 23.5 Å². The Morgan fingerprint density at radius 3 is 2.40 bits per heavy atom. The van der Waals surface area contributed by atoms with E-state index >= 15 is 0 Å². The molecule has 0 heterocycles. The molecule has 2 bridgehead atoms. The summed E-state index contributed by atoms with van der Waals surface area (Å²) in [5.41, 5.74) is 1.48.